The summed E-state index contributed by atoms with van der Waals surface area (Å²) in [6.45, 7) is 2.28. The van der Waals surface area contributed by atoms with E-state index in [9.17, 15) is 13.2 Å². The monoisotopic (exact) mass is 477 g/mol. The van der Waals surface area contributed by atoms with Crippen LogP contribution < -0.4 is 14.8 Å². The number of aromatic nitrogens is 1. The van der Waals surface area contributed by atoms with Crippen molar-refractivity contribution in [3.63, 3.8) is 0 Å². The average molecular weight is 478 g/mol. The molecule has 1 amide bonds. The number of ether oxygens (including phenoxy) is 1. The minimum Gasteiger partial charge on any atom is -0.487 e. The summed E-state index contributed by atoms with van der Waals surface area (Å²) in [5.74, 6) is 0.383. The molecular formula is C24H19N3O4S2. The van der Waals surface area contributed by atoms with Crippen LogP contribution in [0.2, 0.25) is 0 Å². The Kier molecular flexibility index (Phi) is 5.35. The number of hydrogen-bond acceptors (Lipinski definition) is 6. The second-order valence-corrected chi connectivity index (χ2v) is 10.3. The van der Waals surface area contributed by atoms with Gasteiger partial charge in [-0.2, -0.15) is 0 Å². The molecule has 0 saturated carbocycles. The molecule has 0 unspecified atom stereocenters. The van der Waals surface area contributed by atoms with Gasteiger partial charge in [0.15, 0.2) is 5.13 Å². The van der Waals surface area contributed by atoms with Crippen molar-refractivity contribution in [2.45, 2.75) is 18.4 Å². The van der Waals surface area contributed by atoms with E-state index < -0.39 is 10.0 Å². The molecule has 0 aliphatic carbocycles. The molecule has 3 aromatic carbocycles. The van der Waals surface area contributed by atoms with Crippen molar-refractivity contribution in [1.82, 2.24) is 4.98 Å². The van der Waals surface area contributed by atoms with Gasteiger partial charge in [-0.3, -0.25) is 14.8 Å². The van der Waals surface area contributed by atoms with Crippen molar-refractivity contribution in [1.29, 1.82) is 0 Å². The number of nitrogens with zero attached hydrogens (tertiary/aromatic N) is 1. The summed E-state index contributed by atoms with van der Waals surface area (Å²) >= 11 is 1.35. The highest BCUT2D eigenvalue weighted by atomic mass is 32.2. The van der Waals surface area contributed by atoms with E-state index in [4.69, 9.17) is 4.74 Å². The molecule has 166 valence electrons. The van der Waals surface area contributed by atoms with Crippen molar-refractivity contribution in [3.8, 4) is 17.0 Å². The van der Waals surface area contributed by atoms with Crippen LogP contribution in [0.5, 0.6) is 5.75 Å². The zero-order chi connectivity index (χ0) is 23.0. The van der Waals surface area contributed by atoms with E-state index in [1.54, 1.807) is 42.5 Å². The molecule has 5 rings (SSSR count). The highest BCUT2D eigenvalue weighted by molar-refractivity contribution is 7.92. The summed E-state index contributed by atoms with van der Waals surface area (Å²) in [5.41, 5.74) is 3.26. The molecule has 1 aliphatic heterocycles. The van der Waals surface area contributed by atoms with Gasteiger partial charge in [0.25, 0.3) is 15.9 Å². The maximum atomic E-state index is 12.8. The molecule has 0 atom stereocenters. The van der Waals surface area contributed by atoms with E-state index in [0.717, 1.165) is 27.4 Å². The predicted octanol–water partition coefficient (Wildman–Crippen LogP) is 5.06. The lowest BCUT2D eigenvalue weighted by atomic mass is 10.1. The lowest BCUT2D eigenvalue weighted by Crippen LogP contribution is -2.15. The largest absolute Gasteiger partial charge is 0.487 e. The van der Waals surface area contributed by atoms with Crippen molar-refractivity contribution >= 4 is 38.1 Å². The summed E-state index contributed by atoms with van der Waals surface area (Å²) < 4.78 is 33.6. The highest BCUT2D eigenvalue weighted by Crippen LogP contribution is 2.40. The summed E-state index contributed by atoms with van der Waals surface area (Å²) in [6.07, 6.45) is 0. The van der Waals surface area contributed by atoms with Gasteiger partial charge in [0.05, 0.1) is 15.5 Å². The zero-order valence-corrected chi connectivity index (χ0v) is 19.2. The zero-order valence-electron chi connectivity index (χ0n) is 17.5. The Balaban J connectivity index is 1.34. The third kappa shape index (κ3) is 4.33. The van der Waals surface area contributed by atoms with Crippen LogP contribution in [0.3, 0.4) is 0 Å². The topological polar surface area (TPSA) is 97.4 Å². The number of carbonyl (C=O) groups is 1. The number of rotatable bonds is 5. The molecular weight excluding hydrogens is 458 g/mol. The quantitative estimate of drug-likeness (QED) is 0.419. The molecule has 4 aromatic rings. The number of aryl methyl sites for hydroxylation is 1. The summed E-state index contributed by atoms with van der Waals surface area (Å²) in [7, 11) is -3.77. The Bertz CT molecular complexity index is 1460. The number of sulfonamides is 1. The van der Waals surface area contributed by atoms with E-state index in [0.29, 0.717) is 23.0 Å². The fourth-order valence-corrected chi connectivity index (χ4v) is 5.40. The van der Waals surface area contributed by atoms with Gasteiger partial charge < -0.3 is 4.74 Å². The van der Waals surface area contributed by atoms with Crippen molar-refractivity contribution in [3.05, 3.63) is 88.8 Å². The normalized spacial score (nSPS) is 12.3. The molecule has 9 heteroatoms. The van der Waals surface area contributed by atoms with Crippen LogP contribution in [0, 0.1) is 6.92 Å². The van der Waals surface area contributed by atoms with Gasteiger partial charge in [-0.25, -0.2) is 13.4 Å². The van der Waals surface area contributed by atoms with Crippen LogP contribution >= 0.6 is 11.3 Å². The third-order valence-electron chi connectivity index (χ3n) is 5.13. The fourth-order valence-electron chi connectivity index (χ4n) is 3.47. The third-order valence-corrected chi connectivity index (χ3v) is 7.47. The molecule has 1 aliphatic rings. The number of amides is 1. The molecule has 0 fully saturated rings. The van der Waals surface area contributed by atoms with E-state index in [1.807, 2.05) is 31.2 Å². The van der Waals surface area contributed by atoms with Crippen LogP contribution in [0.25, 0.3) is 11.3 Å². The Morgan fingerprint density at radius 3 is 2.64 bits per heavy atom. The van der Waals surface area contributed by atoms with Gasteiger partial charge in [0.2, 0.25) is 0 Å². The minimum atomic E-state index is -3.77. The van der Waals surface area contributed by atoms with Crippen molar-refractivity contribution in [2.24, 2.45) is 0 Å². The second kappa shape index (κ2) is 8.34. The maximum absolute atomic E-state index is 12.8. The summed E-state index contributed by atoms with van der Waals surface area (Å²) in [5, 5.41) is 3.26. The molecule has 0 radical (unpaired) electrons. The number of hydrogen-bond donors (Lipinski definition) is 2. The van der Waals surface area contributed by atoms with Crippen LogP contribution in [0.4, 0.5) is 10.8 Å². The Labute approximate surface area is 195 Å². The Hall–Kier alpha value is -3.69. The van der Waals surface area contributed by atoms with Gasteiger partial charge >= 0.3 is 0 Å². The molecule has 33 heavy (non-hydrogen) atoms. The lowest BCUT2D eigenvalue weighted by molar-refractivity contribution is 0.102. The van der Waals surface area contributed by atoms with Crippen LogP contribution in [-0.2, 0) is 16.6 Å². The van der Waals surface area contributed by atoms with E-state index in [2.05, 4.69) is 15.0 Å². The lowest BCUT2D eigenvalue weighted by Gasteiger charge is -2.15. The van der Waals surface area contributed by atoms with E-state index in [1.165, 1.54) is 17.4 Å². The number of anilines is 2. The van der Waals surface area contributed by atoms with E-state index in [-0.39, 0.29) is 10.8 Å². The number of para-hydroxylation sites is 1. The van der Waals surface area contributed by atoms with Crippen molar-refractivity contribution < 1.29 is 17.9 Å². The Morgan fingerprint density at radius 1 is 1.03 bits per heavy atom. The summed E-state index contributed by atoms with van der Waals surface area (Å²) in [6, 6.07) is 20.5. The highest BCUT2D eigenvalue weighted by Gasteiger charge is 2.23. The molecule has 2 heterocycles. The standard InChI is InChI=1S/C24H19N3O4S2/c1-15-9-11-18(12-10-15)33(29,30)27-17-6-4-5-16(13-17)23(28)26-24-25-22-19-7-2-3-8-20(19)31-14-21(22)32-24/h2-13,27H,14H2,1H3,(H,25,26,28). The van der Waals surface area contributed by atoms with Crippen LogP contribution in [0.1, 0.15) is 20.8 Å². The predicted molar refractivity (Wildman–Crippen MR) is 128 cm³/mol. The molecule has 0 saturated heterocycles. The molecule has 7 nitrogen and oxygen atoms in total. The van der Waals surface area contributed by atoms with Gasteiger partial charge in [-0.1, -0.05) is 47.2 Å². The van der Waals surface area contributed by atoms with Crippen LogP contribution in [0.15, 0.2) is 77.7 Å². The molecule has 2 N–H and O–H groups in total. The number of nitrogens with one attached hydrogen (secondary N) is 2. The first-order valence-electron chi connectivity index (χ1n) is 10.1. The maximum Gasteiger partial charge on any atom is 0.261 e. The van der Waals surface area contributed by atoms with Gasteiger partial charge in [-0.15, -0.1) is 0 Å². The minimum absolute atomic E-state index is 0.152. The van der Waals surface area contributed by atoms with Gasteiger partial charge in [0, 0.05) is 16.8 Å². The average Bonchev–Trinajstić information content (AvgIpc) is 3.22. The SMILES string of the molecule is Cc1ccc(S(=O)(=O)Nc2cccc(C(=O)Nc3nc4c(s3)COc3ccccc3-4)c2)cc1. The fraction of sp³-hybridized carbons (Fsp3) is 0.0833. The number of fused-ring (bicyclic) bond motifs is 3. The van der Waals surface area contributed by atoms with E-state index >= 15 is 0 Å². The van der Waals surface area contributed by atoms with Gasteiger partial charge in [0.1, 0.15) is 12.4 Å². The van der Waals surface area contributed by atoms with Crippen molar-refractivity contribution in [2.75, 3.05) is 10.0 Å². The Morgan fingerprint density at radius 2 is 1.82 bits per heavy atom. The summed E-state index contributed by atoms with van der Waals surface area (Å²) in [4.78, 5) is 18.5. The first-order valence-corrected chi connectivity index (χ1v) is 12.4. The molecule has 0 bridgehead atoms. The second-order valence-electron chi connectivity index (χ2n) is 7.53. The number of carbonyl (C=O) groups excluding carboxylic acids is 1. The molecule has 1 aromatic heterocycles. The van der Waals surface area contributed by atoms with Crippen LogP contribution in [-0.4, -0.2) is 19.3 Å². The first-order chi connectivity index (χ1) is 15.9. The number of thiazole rings is 1. The smallest absolute Gasteiger partial charge is 0.261 e. The first kappa shape index (κ1) is 21.2. The number of benzene rings is 3. The van der Waals surface area contributed by atoms with Gasteiger partial charge in [-0.05, 0) is 49.4 Å². The molecule has 0 spiro atoms.